The molecule has 116 valence electrons. The molecule has 0 saturated carbocycles. The molecular weight excluding hydrogens is 378 g/mol. The molecule has 0 bridgehead atoms. The molecule has 1 aromatic carbocycles. The number of halogens is 1. The van der Waals surface area contributed by atoms with E-state index in [1.807, 2.05) is 6.92 Å². The first-order chi connectivity index (χ1) is 9.82. The highest BCUT2D eigenvalue weighted by atomic mass is 79.9. The molecule has 0 aromatic heterocycles. The standard InChI is InChI=1S/C13H16BrNO4S2/c1-9-6-11(2-3-12(9)14)21(18,19)15-4-5-20-8-10(15)7-13(16)17/h2-3,6,10H,4-5,7-8H2,1H3,(H,16,17). The zero-order chi connectivity index (χ0) is 15.6. The van der Waals surface area contributed by atoms with Crippen LogP contribution in [0.4, 0.5) is 0 Å². The lowest BCUT2D eigenvalue weighted by atomic mass is 10.2. The van der Waals surface area contributed by atoms with Crippen LogP contribution < -0.4 is 0 Å². The van der Waals surface area contributed by atoms with Crippen molar-refractivity contribution in [3.8, 4) is 0 Å². The first-order valence-electron chi connectivity index (χ1n) is 6.40. The van der Waals surface area contributed by atoms with Crippen molar-refractivity contribution in [3.63, 3.8) is 0 Å². The Morgan fingerprint density at radius 1 is 1.52 bits per heavy atom. The van der Waals surface area contributed by atoms with Crippen LogP contribution >= 0.6 is 27.7 Å². The Morgan fingerprint density at radius 2 is 2.24 bits per heavy atom. The number of aliphatic carboxylic acids is 1. The zero-order valence-electron chi connectivity index (χ0n) is 11.5. The van der Waals surface area contributed by atoms with Crippen LogP contribution in [-0.4, -0.2) is 47.9 Å². The molecule has 0 amide bonds. The summed E-state index contributed by atoms with van der Waals surface area (Å²) in [5.74, 6) is 0.223. The third kappa shape index (κ3) is 3.80. The van der Waals surface area contributed by atoms with Gasteiger partial charge in [-0.15, -0.1) is 0 Å². The van der Waals surface area contributed by atoms with E-state index >= 15 is 0 Å². The van der Waals surface area contributed by atoms with Crippen molar-refractivity contribution in [2.45, 2.75) is 24.3 Å². The van der Waals surface area contributed by atoms with E-state index in [9.17, 15) is 13.2 Å². The topological polar surface area (TPSA) is 74.7 Å². The fourth-order valence-electron chi connectivity index (χ4n) is 2.23. The predicted octanol–water partition coefficient (Wildman–Crippen LogP) is 2.34. The summed E-state index contributed by atoms with van der Waals surface area (Å²) in [6.45, 7) is 2.17. The van der Waals surface area contributed by atoms with Gasteiger partial charge in [0.25, 0.3) is 0 Å². The maximum Gasteiger partial charge on any atom is 0.305 e. The third-order valence-electron chi connectivity index (χ3n) is 3.32. The summed E-state index contributed by atoms with van der Waals surface area (Å²) in [4.78, 5) is 11.2. The van der Waals surface area contributed by atoms with E-state index in [-0.39, 0.29) is 11.3 Å². The van der Waals surface area contributed by atoms with Crippen LogP contribution in [0, 0.1) is 6.92 Å². The minimum absolute atomic E-state index is 0.165. The van der Waals surface area contributed by atoms with Gasteiger partial charge in [-0.1, -0.05) is 15.9 Å². The molecule has 8 heteroatoms. The highest BCUT2D eigenvalue weighted by Crippen LogP contribution is 2.28. The van der Waals surface area contributed by atoms with Gasteiger partial charge in [0.15, 0.2) is 0 Å². The van der Waals surface area contributed by atoms with Crippen LogP contribution in [0.2, 0.25) is 0 Å². The number of carbonyl (C=O) groups is 1. The fourth-order valence-corrected chi connectivity index (χ4v) is 5.46. The van der Waals surface area contributed by atoms with Gasteiger partial charge in [0.1, 0.15) is 0 Å². The van der Waals surface area contributed by atoms with Gasteiger partial charge in [-0.25, -0.2) is 8.42 Å². The molecule has 1 aliphatic rings. The van der Waals surface area contributed by atoms with Crippen molar-refractivity contribution >= 4 is 43.7 Å². The maximum absolute atomic E-state index is 12.8. The van der Waals surface area contributed by atoms with Crippen LogP contribution in [0.5, 0.6) is 0 Å². The monoisotopic (exact) mass is 393 g/mol. The van der Waals surface area contributed by atoms with E-state index in [4.69, 9.17) is 5.11 Å². The number of hydrogen-bond acceptors (Lipinski definition) is 4. The second kappa shape index (κ2) is 6.68. The van der Waals surface area contributed by atoms with Crippen LogP contribution in [0.1, 0.15) is 12.0 Å². The average molecular weight is 394 g/mol. The number of hydrogen-bond donors (Lipinski definition) is 1. The van der Waals surface area contributed by atoms with Gasteiger partial charge in [-0.3, -0.25) is 4.79 Å². The highest BCUT2D eigenvalue weighted by Gasteiger charge is 2.35. The Morgan fingerprint density at radius 3 is 2.86 bits per heavy atom. The van der Waals surface area contributed by atoms with Gasteiger partial charge in [-0.2, -0.15) is 16.1 Å². The second-order valence-corrected chi connectivity index (χ2v) is 8.75. The summed E-state index contributed by atoms with van der Waals surface area (Å²) in [6, 6.07) is 4.37. The minimum atomic E-state index is -3.66. The number of carboxylic acids is 1. The Kier molecular flexibility index (Phi) is 5.34. The summed E-state index contributed by atoms with van der Waals surface area (Å²) in [6.07, 6.45) is -0.165. The predicted molar refractivity (Wildman–Crippen MR) is 86.1 cm³/mol. The summed E-state index contributed by atoms with van der Waals surface area (Å²) < 4.78 is 27.7. The number of thioether (sulfide) groups is 1. The van der Waals surface area contributed by atoms with Crippen LogP contribution in [0.3, 0.4) is 0 Å². The van der Waals surface area contributed by atoms with Gasteiger partial charge in [0.05, 0.1) is 11.3 Å². The Bertz CT molecular complexity index is 648. The summed E-state index contributed by atoms with van der Waals surface area (Å²) in [5.41, 5.74) is 0.831. The van der Waals surface area contributed by atoms with Gasteiger partial charge in [0.2, 0.25) is 10.0 Å². The van der Waals surface area contributed by atoms with Gasteiger partial charge in [0, 0.05) is 28.6 Å². The molecule has 1 unspecified atom stereocenters. The molecule has 1 heterocycles. The number of benzene rings is 1. The minimum Gasteiger partial charge on any atom is -0.481 e. The van der Waals surface area contributed by atoms with Crippen LogP contribution in [0.25, 0.3) is 0 Å². The number of sulfonamides is 1. The third-order valence-corrected chi connectivity index (χ3v) is 7.25. The first kappa shape index (κ1) is 16.8. The van der Waals surface area contributed by atoms with Crippen LogP contribution in [-0.2, 0) is 14.8 Å². The lowest BCUT2D eigenvalue weighted by Crippen LogP contribution is -2.46. The molecule has 5 nitrogen and oxygen atoms in total. The van der Waals surface area contributed by atoms with Gasteiger partial charge in [-0.05, 0) is 30.7 Å². The van der Waals surface area contributed by atoms with E-state index in [0.29, 0.717) is 18.1 Å². The highest BCUT2D eigenvalue weighted by molar-refractivity contribution is 9.10. The summed E-state index contributed by atoms with van der Waals surface area (Å²) >= 11 is 4.94. The maximum atomic E-state index is 12.8. The van der Waals surface area contributed by atoms with E-state index in [2.05, 4.69) is 15.9 Å². The molecule has 1 aliphatic heterocycles. The molecular formula is C13H16BrNO4S2. The lowest BCUT2D eigenvalue weighted by molar-refractivity contribution is -0.137. The van der Waals surface area contributed by atoms with Crippen molar-refractivity contribution in [1.29, 1.82) is 0 Å². The van der Waals surface area contributed by atoms with Crippen molar-refractivity contribution in [2.24, 2.45) is 0 Å². The SMILES string of the molecule is Cc1cc(S(=O)(=O)N2CCSCC2CC(=O)O)ccc1Br. The molecule has 1 N–H and O–H groups in total. The molecule has 21 heavy (non-hydrogen) atoms. The molecule has 0 spiro atoms. The number of rotatable bonds is 4. The molecule has 0 aliphatic carbocycles. The van der Waals surface area contributed by atoms with Crippen molar-refractivity contribution in [2.75, 3.05) is 18.1 Å². The normalized spacial score (nSPS) is 20.4. The molecule has 1 aromatic rings. The Balaban J connectivity index is 2.35. The van der Waals surface area contributed by atoms with Crippen molar-refractivity contribution in [3.05, 3.63) is 28.2 Å². The molecule has 1 atom stereocenters. The van der Waals surface area contributed by atoms with E-state index in [1.165, 1.54) is 4.31 Å². The summed E-state index contributed by atoms with van der Waals surface area (Å²) in [7, 11) is -3.66. The Labute approximate surface area is 136 Å². The van der Waals surface area contributed by atoms with E-state index in [0.717, 1.165) is 10.0 Å². The lowest BCUT2D eigenvalue weighted by Gasteiger charge is -2.33. The molecule has 0 radical (unpaired) electrons. The zero-order valence-corrected chi connectivity index (χ0v) is 14.7. The molecule has 2 rings (SSSR count). The number of carboxylic acid groups (broad SMARTS) is 1. The van der Waals surface area contributed by atoms with Gasteiger partial charge >= 0.3 is 5.97 Å². The van der Waals surface area contributed by atoms with Crippen LogP contribution in [0.15, 0.2) is 27.6 Å². The fraction of sp³-hybridized carbons (Fsp3) is 0.462. The second-order valence-electron chi connectivity index (χ2n) is 4.85. The van der Waals surface area contributed by atoms with Crippen molar-refractivity contribution in [1.82, 2.24) is 4.31 Å². The van der Waals surface area contributed by atoms with E-state index < -0.39 is 22.0 Å². The Hall–Kier alpha value is -0.570. The van der Waals surface area contributed by atoms with Crippen molar-refractivity contribution < 1.29 is 18.3 Å². The number of aryl methyl sites for hydroxylation is 1. The largest absolute Gasteiger partial charge is 0.481 e. The number of nitrogens with zero attached hydrogens (tertiary/aromatic N) is 1. The molecule has 1 fully saturated rings. The summed E-state index contributed by atoms with van der Waals surface area (Å²) in [5, 5.41) is 8.96. The molecule has 1 saturated heterocycles. The van der Waals surface area contributed by atoms with Gasteiger partial charge < -0.3 is 5.11 Å². The quantitative estimate of drug-likeness (QED) is 0.849. The smallest absolute Gasteiger partial charge is 0.305 e. The average Bonchev–Trinajstić information content (AvgIpc) is 2.41. The first-order valence-corrected chi connectivity index (χ1v) is 9.78. The van der Waals surface area contributed by atoms with E-state index in [1.54, 1.807) is 30.0 Å².